The van der Waals surface area contributed by atoms with Crippen LogP contribution in [0.3, 0.4) is 0 Å². The van der Waals surface area contributed by atoms with Crippen molar-refractivity contribution in [1.29, 1.82) is 5.26 Å². The summed E-state index contributed by atoms with van der Waals surface area (Å²) in [6.45, 7) is 1.43. The summed E-state index contributed by atoms with van der Waals surface area (Å²) < 4.78 is 1.86. The number of carbonyl (C=O) groups excluding carboxylic acids is 1. The lowest BCUT2D eigenvalue weighted by Crippen LogP contribution is -2.49. The molecular weight excluding hydrogens is 422 g/mol. The maximum Gasteiger partial charge on any atom is 0.249 e. The summed E-state index contributed by atoms with van der Waals surface area (Å²) in [5, 5.41) is 13.7. The van der Waals surface area contributed by atoms with Gasteiger partial charge in [0.1, 0.15) is 17.6 Å². The molecule has 0 saturated carbocycles. The highest BCUT2D eigenvalue weighted by atomic mass is 32.1. The van der Waals surface area contributed by atoms with Crippen molar-refractivity contribution in [3.8, 4) is 6.07 Å². The largest absolute Gasteiger partial charge is 0.343 e. The van der Waals surface area contributed by atoms with Crippen LogP contribution in [0.5, 0.6) is 0 Å². The third kappa shape index (κ3) is 3.94. The number of hydrogen-bond donors (Lipinski definition) is 0. The third-order valence-electron chi connectivity index (χ3n) is 6.10. The van der Waals surface area contributed by atoms with Crippen molar-refractivity contribution in [1.82, 2.24) is 19.7 Å². The van der Waals surface area contributed by atoms with Gasteiger partial charge in [0.25, 0.3) is 0 Å². The Morgan fingerprint density at radius 2 is 2.06 bits per heavy atom. The van der Waals surface area contributed by atoms with Crippen LogP contribution in [0.25, 0.3) is 0 Å². The van der Waals surface area contributed by atoms with E-state index in [1.54, 1.807) is 18.1 Å². The van der Waals surface area contributed by atoms with E-state index in [9.17, 15) is 10.1 Å². The molecular formula is C23H25N7OS. The second kappa shape index (κ2) is 9.01. The van der Waals surface area contributed by atoms with E-state index in [2.05, 4.69) is 21.1 Å². The summed E-state index contributed by atoms with van der Waals surface area (Å²) in [7, 11) is 1.80. The van der Waals surface area contributed by atoms with Gasteiger partial charge in [-0.1, -0.05) is 18.2 Å². The van der Waals surface area contributed by atoms with E-state index in [0.29, 0.717) is 18.5 Å². The summed E-state index contributed by atoms with van der Waals surface area (Å²) in [6, 6.07) is 9.72. The lowest BCUT2D eigenvalue weighted by atomic mass is 10.1. The maximum atomic E-state index is 12.5. The zero-order valence-electron chi connectivity index (χ0n) is 17.9. The molecule has 0 radical (unpaired) electrons. The second-order valence-corrected chi connectivity index (χ2v) is 8.06. The monoisotopic (exact) mass is 447 g/mol. The van der Waals surface area contributed by atoms with E-state index in [1.165, 1.54) is 0 Å². The van der Waals surface area contributed by atoms with Crippen molar-refractivity contribution < 1.29 is 4.79 Å². The van der Waals surface area contributed by atoms with Crippen LogP contribution in [0.1, 0.15) is 35.4 Å². The number of hydrogen-bond acceptors (Lipinski definition) is 6. The number of rotatable bonds is 5. The summed E-state index contributed by atoms with van der Waals surface area (Å²) >= 11 is 0. The molecule has 164 valence electrons. The summed E-state index contributed by atoms with van der Waals surface area (Å²) in [5.74, 6) is 1.78. The van der Waals surface area contributed by atoms with E-state index < -0.39 is 0 Å². The molecule has 1 atom stereocenters. The molecule has 4 heterocycles. The molecule has 0 N–H and O–H groups in total. The van der Waals surface area contributed by atoms with E-state index >= 15 is 0 Å². The molecule has 1 amide bonds. The number of likely N-dealkylation sites (N-methyl/N-ethyl adjacent to an activating group) is 1. The molecule has 5 rings (SSSR count). The SMILES string of the molecule is CN1C(=O)[C@@H]2CCCN2c2nc(CCc3cnn(Cc4ccccc4C#N)c3)ncc21.S. The van der Waals surface area contributed by atoms with Crippen LogP contribution < -0.4 is 9.80 Å². The minimum absolute atomic E-state index is 0. The van der Waals surface area contributed by atoms with Crippen LogP contribution in [0.15, 0.2) is 42.9 Å². The molecule has 32 heavy (non-hydrogen) atoms. The highest BCUT2D eigenvalue weighted by molar-refractivity contribution is 7.59. The molecule has 8 nitrogen and oxygen atoms in total. The third-order valence-corrected chi connectivity index (χ3v) is 6.10. The quantitative estimate of drug-likeness (QED) is 0.597. The van der Waals surface area contributed by atoms with Crippen LogP contribution in [-0.2, 0) is 24.2 Å². The van der Waals surface area contributed by atoms with Crippen molar-refractivity contribution in [2.75, 3.05) is 23.4 Å². The molecule has 0 bridgehead atoms. The van der Waals surface area contributed by atoms with Gasteiger partial charge in [-0.3, -0.25) is 9.48 Å². The van der Waals surface area contributed by atoms with Gasteiger partial charge in [0.05, 0.1) is 30.6 Å². The molecule has 0 spiro atoms. The van der Waals surface area contributed by atoms with Crippen LogP contribution in [0.4, 0.5) is 11.5 Å². The number of anilines is 2. The molecule has 1 aromatic carbocycles. The maximum absolute atomic E-state index is 12.5. The first-order valence-corrected chi connectivity index (χ1v) is 10.5. The summed E-state index contributed by atoms with van der Waals surface area (Å²) in [5.41, 5.74) is 3.51. The second-order valence-electron chi connectivity index (χ2n) is 8.06. The van der Waals surface area contributed by atoms with Crippen LogP contribution in [0, 0.1) is 11.3 Å². The molecule has 0 aliphatic carbocycles. The predicted molar refractivity (Wildman–Crippen MR) is 126 cm³/mol. The topological polar surface area (TPSA) is 90.9 Å². The van der Waals surface area contributed by atoms with Crippen LogP contribution in [0.2, 0.25) is 0 Å². The normalized spacial score (nSPS) is 16.9. The van der Waals surface area contributed by atoms with Gasteiger partial charge in [-0.05, 0) is 36.5 Å². The average molecular weight is 448 g/mol. The van der Waals surface area contributed by atoms with Crippen molar-refractivity contribution >= 4 is 30.9 Å². The number of carbonyl (C=O) groups is 1. The first kappa shape index (κ1) is 21.8. The van der Waals surface area contributed by atoms with E-state index in [0.717, 1.165) is 54.3 Å². The number of aromatic nitrogens is 4. The number of aryl methyl sites for hydroxylation is 2. The van der Waals surface area contributed by atoms with Gasteiger partial charge in [0.15, 0.2) is 5.82 Å². The van der Waals surface area contributed by atoms with Gasteiger partial charge in [-0.25, -0.2) is 9.97 Å². The molecule has 1 saturated heterocycles. The number of amides is 1. The number of fused-ring (bicyclic) bond motifs is 3. The Morgan fingerprint density at radius 1 is 1.22 bits per heavy atom. The minimum atomic E-state index is -0.0882. The Morgan fingerprint density at radius 3 is 2.91 bits per heavy atom. The van der Waals surface area contributed by atoms with Gasteiger partial charge < -0.3 is 9.80 Å². The standard InChI is InChI=1S/C23H23N7O.H2S/c1-28-20-13-25-21(27-22(20)30-10-4-7-19(30)23(28)31)9-8-16-12-26-29(14-16)15-18-6-3-2-5-17(18)11-24;/h2-3,5-6,12-14,19H,4,7-10,15H2,1H3;1H2/t19-;/m0./s1. The number of benzene rings is 1. The minimum Gasteiger partial charge on any atom is -0.343 e. The Kier molecular flexibility index (Phi) is 6.15. The fraction of sp³-hybridized carbons (Fsp3) is 0.348. The lowest BCUT2D eigenvalue weighted by Gasteiger charge is -2.36. The number of nitriles is 1. The zero-order chi connectivity index (χ0) is 21.4. The highest BCUT2D eigenvalue weighted by Crippen LogP contribution is 2.37. The molecule has 2 aliphatic rings. The van der Waals surface area contributed by atoms with Gasteiger partial charge in [0, 0.05) is 26.2 Å². The van der Waals surface area contributed by atoms with E-state index in [1.807, 2.05) is 41.3 Å². The number of nitrogens with zero attached hydrogens (tertiary/aromatic N) is 7. The van der Waals surface area contributed by atoms with Crippen molar-refractivity contribution in [2.24, 2.45) is 0 Å². The molecule has 3 aromatic rings. The Bertz CT molecular complexity index is 1190. The van der Waals surface area contributed by atoms with E-state index in [-0.39, 0.29) is 25.4 Å². The summed E-state index contributed by atoms with van der Waals surface area (Å²) in [4.78, 5) is 25.7. The summed E-state index contributed by atoms with van der Waals surface area (Å²) in [6.07, 6.45) is 9.01. The fourth-order valence-corrected chi connectivity index (χ4v) is 4.41. The molecule has 0 unspecified atom stereocenters. The Balaban J connectivity index is 0.00000245. The van der Waals surface area contributed by atoms with Gasteiger partial charge in [0.2, 0.25) is 5.91 Å². The van der Waals surface area contributed by atoms with Crippen molar-refractivity contribution in [2.45, 2.75) is 38.3 Å². The first-order valence-electron chi connectivity index (χ1n) is 10.5. The molecule has 1 fully saturated rings. The van der Waals surface area contributed by atoms with Crippen molar-refractivity contribution in [3.63, 3.8) is 0 Å². The zero-order valence-corrected chi connectivity index (χ0v) is 18.9. The van der Waals surface area contributed by atoms with Gasteiger partial charge >= 0.3 is 0 Å². The molecule has 9 heteroatoms. The van der Waals surface area contributed by atoms with Crippen LogP contribution >= 0.6 is 13.5 Å². The fourth-order valence-electron chi connectivity index (χ4n) is 4.41. The molecule has 2 aromatic heterocycles. The smallest absolute Gasteiger partial charge is 0.249 e. The Labute approximate surface area is 193 Å². The predicted octanol–water partition coefficient (Wildman–Crippen LogP) is 2.44. The van der Waals surface area contributed by atoms with Gasteiger partial charge in [-0.15, -0.1) is 0 Å². The molecule has 2 aliphatic heterocycles. The van der Waals surface area contributed by atoms with Gasteiger partial charge in [-0.2, -0.15) is 23.9 Å². The van der Waals surface area contributed by atoms with Crippen LogP contribution in [-0.4, -0.2) is 45.3 Å². The Hall–Kier alpha value is -3.38. The van der Waals surface area contributed by atoms with E-state index in [4.69, 9.17) is 4.98 Å². The lowest BCUT2D eigenvalue weighted by molar-refractivity contribution is -0.119. The first-order chi connectivity index (χ1) is 15.1. The van der Waals surface area contributed by atoms with Crippen molar-refractivity contribution in [3.05, 3.63) is 65.4 Å². The highest BCUT2D eigenvalue weighted by Gasteiger charge is 2.40. The average Bonchev–Trinajstić information content (AvgIpc) is 3.46.